The van der Waals surface area contributed by atoms with Crippen LogP contribution in [0.15, 0.2) is 18.2 Å². The van der Waals surface area contributed by atoms with Crippen LogP contribution in [0.25, 0.3) is 0 Å². The zero-order chi connectivity index (χ0) is 17.7. The topological polar surface area (TPSA) is 75.7 Å². The molecule has 0 radical (unpaired) electrons. The van der Waals surface area contributed by atoms with E-state index < -0.39 is 0 Å². The number of rotatable bonds is 4. The lowest BCUT2D eigenvalue weighted by Gasteiger charge is -2.31. The first-order valence-corrected chi connectivity index (χ1v) is 8.80. The molecule has 1 aliphatic heterocycles. The fourth-order valence-corrected chi connectivity index (χ4v) is 3.53. The Morgan fingerprint density at radius 2 is 2.04 bits per heavy atom. The van der Waals surface area contributed by atoms with Gasteiger partial charge in [0.1, 0.15) is 5.25 Å². The van der Waals surface area contributed by atoms with Crippen LogP contribution < -0.4 is 5.32 Å². The van der Waals surface area contributed by atoms with Crippen molar-refractivity contribution in [3.63, 3.8) is 0 Å². The van der Waals surface area contributed by atoms with Crippen molar-refractivity contribution >= 4 is 29.5 Å². The summed E-state index contributed by atoms with van der Waals surface area (Å²) in [7, 11) is 1.34. The van der Waals surface area contributed by atoms with Gasteiger partial charge in [-0.2, -0.15) is 0 Å². The maximum Gasteiger partial charge on any atom is 0.320 e. The van der Waals surface area contributed by atoms with Gasteiger partial charge < -0.3 is 15.0 Å². The number of thioether (sulfide) groups is 1. The summed E-state index contributed by atoms with van der Waals surface area (Å²) in [5.41, 5.74) is 2.68. The summed E-state index contributed by atoms with van der Waals surface area (Å²) in [4.78, 5) is 37.6. The van der Waals surface area contributed by atoms with E-state index in [1.165, 1.54) is 18.9 Å². The van der Waals surface area contributed by atoms with Gasteiger partial charge in [0.15, 0.2) is 0 Å². The lowest BCUT2D eigenvalue weighted by molar-refractivity contribution is -0.141. The molecule has 2 amide bonds. The Balaban J connectivity index is 1.89. The van der Waals surface area contributed by atoms with Crippen LogP contribution in [0.1, 0.15) is 21.5 Å². The second kappa shape index (κ2) is 8.19. The normalized spacial score (nSPS) is 17.3. The minimum absolute atomic E-state index is 0.0791. The summed E-state index contributed by atoms with van der Waals surface area (Å²) in [6, 6.07) is 5.43. The fourth-order valence-electron chi connectivity index (χ4n) is 2.40. The Labute approximate surface area is 145 Å². The van der Waals surface area contributed by atoms with Crippen molar-refractivity contribution in [2.75, 3.05) is 32.5 Å². The molecule has 1 fully saturated rings. The highest BCUT2D eigenvalue weighted by Crippen LogP contribution is 2.19. The average Bonchev–Trinajstić information content (AvgIpc) is 2.61. The minimum Gasteiger partial charge on any atom is -0.468 e. The smallest absolute Gasteiger partial charge is 0.320 e. The number of methoxy groups -OCH3 is 1. The van der Waals surface area contributed by atoms with Crippen molar-refractivity contribution in [3.05, 3.63) is 34.9 Å². The van der Waals surface area contributed by atoms with Crippen LogP contribution in [0.4, 0.5) is 0 Å². The van der Waals surface area contributed by atoms with E-state index in [4.69, 9.17) is 4.74 Å². The van der Waals surface area contributed by atoms with E-state index in [1.54, 1.807) is 17.0 Å². The van der Waals surface area contributed by atoms with Gasteiger partial charge in [0.25, 0.3) is 5.91 Å². The van der Waals surface area contributed by atoms with Gasteiger partial charge >= 0.3 is 5.97 Å². The van der Waals surface area contributed by atoms with E-state index in [9.17, 15) is 14.4 Å². The van der Waals surface area contributed by atoms with Gasteiger partial charge in [-0.15, -0.1) is 11.8 Å². The zero-order valence-corrected chi connectivity index (χ0v) is 14.9. The predicted molar refractivity (Wildman–Crippen MR) is 93.1 cm³/mol. The lowest BCUT2D eigenvalue weighted by atomic mass is 10.1. The molecule has 0 aliphatic carbocycles. The molecule has 1 atom stereocenters. The number of ether oxygens (including phenoxy) is 1. The molecule has 0 saturated carbocycles. The molecule has 24 heavy (non-hydrogen) atoms. The molecule has 1 saturated heterocycles. The number of carbonyl (C=O) groups excluding carboxylic acids is 3. The summed E-state index contributed by atoms with van der Waals surface area (Å²) in [6.45, 7) is 4.72. The third kappa shape index (κ3) is 4.50. The Kier molecular flexibility index (Phi) is 6.25. The first kappa shape index (κ1) is 18.3. The van der Waals surface area contributed by atoms with Crippen LogP contribution >= 0.6 is 11.8 Å². The molecular weight excluding hydrogens is 328 g/mol. The molecular formula is C17H22N2O4S. The first-order chi connectivity index (χ1) is 11.4. The van der Waals surface area contributed by atoms with Crippen LogP contribution in [-0.2, 0) is 14.3 Å². The molecule has 0 aromatic heterocycles. The van der Waals surface area contributed by atoms with Crippen molar-refractivity contribution in [1.29, 1.82) is 0 Å². The Bertz CT molecular complexity index is 647. The highest BCUT2D eigenvalue weighted by atomic mass is 32.2. The monoisotopic (exact) mass is 350 g/mol. The number of nitrogens with one attached hydrogen (secondary N) is 1. The summed E-state index contributed by atoms with van der Waals surface area (Å²) >= 11 is 1.49. The molecule has 1 aliphatic rings. The van der Waals surface area contributed by atoms with Crippen molar-refractivity contribution in [3.8, 4) is 0 Å². The van der Waals surface area contributed by atoms with E-state index in [0.717, 1.165) is 11.1 Å². The molecule has 7 heteroatoms. The van der Waals surface area contributed by atoms with E-state index in [1.807, 2.05) is 19.9 Å². The highest BCUT2D eigenvalue weighted by molar-refractivity contribution is 8.00. The van der Waals surface area contributed by atoms with Crippen molar-refractivity contribution < 1.29 is 19.1 Å². The maximum absolute atomic E-state index is 12.3. The Morgan fingerprint density at radius 1 is 1.29 bits per heavy atom. The standard InChI is InChI=1S/C17H22N2O4S/c1-11-4-5-13(8-12(11)2)16(21)18-9-15(20)19-6-7-24-14(10-19)17(22)23-3/h4-5,8,14H,6-7,9-10H2,1-3H3,(H,18,21)/t14-/m0/s1. The first-order valence-electron chi connectivity index (χ1n) is 7.75. The number of amides is 2. The fraction of sp³-hybridized carbons (Fsp3) is 0.471. The second-order valence-corrected chi connectivity index (χ2v) is 7.01. The molecule has 6 nitrogen and oxygen atoms in total. The number of hydrogen-bond acceptors (Lipinski definition) is 5. The van der Waals surface area contributed by atoms with Gasteiger partial charge in [-0.3, -0.25) is 14.4 Å². The van der Waals surface area contributed by atoms with Crippen molar-refractivity contribution in [2.24, 2.45) is 0 Å². The molecule has 2 rings (SSSR count). The molecule has 0 spiro atoms. The molecule has 0 bridgehead atoms. The highest BCUT2D eigenvalue weighted by Gasteiger charge is 2.29. The minimum atomic E-state index is -0.358. The van der Waals surface area contributed by atoms with Gasteiger partial charge in [0.2, 0.25) is 5.91 Å². The van der Waals surface area contributed by atoms with Crippen LogP contribution in [0, 0.1) is 13.8 Å². The van der Waals surface area contributed by atoms with Gasteiger partial charge in [-0.1, -0.05) is 6.07 Å². The zero-order valence-electron chi connectivity index (χ0n) is 14.1. The van der Waals surface area contributed by atoms with Gasteiger partial charge in [0.05, 0.1) is 13.7 Å². The summed E-state index contributed by atoms with van der Waals surface area (Å²) in [5.74, 6) is -0.114. The van der Waals surface area contributed by atoms with Gasteiger partial charge in [-0.25, -0.2) is 0 Å². The maximum atomic E-state index is 12.3. The van der Waals surface area contributed by atoms with E-state index in [0.29, 0.717) is 24.4 Å². The molecule has 1 aromatic carbocycles. The number of benzene rings is 1. The number of aryl methyl sites for hydroxylation is 2. The largest absolute Gasteiger partial charge is 0.468 e. The molecule has 1 heterocycles. The number of carbonyl (C=O) groups is 3. The summed E-state index contributed by atoms with van der Waals surface area (Å²) in [6.07, 6.45) is 0. The van der Waals surface area contributed by atoms with Crippen LogP contribution in [0.3, 0.4) is 0 Å². The predicted octanol–water partition coefficient (Wildman–Crippen LogP) is 1.15. The van der Waals surface area contributed by atoms with Crippen LogP contribution in [-0.4, -0.2) is 60.4 Å². The van der Waals surface area contributed by atoms with Crippen LogP contribution in [0.2, 0.25) is 0 Å². The number of esters is 1. The quantitative estimate of drug-likeness (QED) is 0.825. The van der Waals surface area contributed by atoms with Crippen LogP contribution in [0.5, 0.6) is 0 Å². The Morgan fingerprint density at radius 3 is 2.71 bits per heavy atom. The number of hydrogen-bond donors (Lipinski definition) is 1. The van der Waals surface area contributed by atoms with E-state index in [-0.39, 0.29) is 29.6 Å². The molecule has 130 valence electrons. The van der Waals surface area contributed by atoms with Gasteiger partial charge in [-0.05, 0) is 37.1 Å². The van der Waals surface area contributed by atoms with Crippen molar-refractivity contribution in [2.45, 2.75) is 19.1 Å². The van der Waals surface area contributed by atoms with Crippen molar-refractivity contribution in [1.82, 2.24) is 10.2 Å². The Hall–Kier alpha value is -2.02. The van der Waals surface area contributed by atoms with E-state index >= 15 is 0 Å². The third-order valence-corrected chi connectivity index (χ3v) is 5.21. The molecule has 1 N–H and O–H groups in total. The summed E-state index contributed by atoms with van der Waals surface area (Å²) in [5, 5.41) is 2.29. The number of nitrogens with zero attached hydrogens (tertiary/aromatic N) is 1. The molecule has 1 aromatic rings. The summed E-state index contributed by atoms with van der Waals surface area (Å²) < 4.78 is 4.73. The molecule has 0 unspecified atom stereocenters. The van der Waals surface area contributed by atoms with Gasteiger partial charge in [0, 0.05) is 24.4 Å². The average molecular weight is 350 g/mol. The lowest BCUT2D eigenvalue weighted by Crippen LogP contribution is -2.48. The second-order valence-electron chi connectivity index (χ2n) is 5.70. The SMILES string of the molecule is COC(=O)[C@@H]1CN(C(=O)CNC(=O)c2ccc(C)c(C)c2)CCS1. The third-order valence-electron chi connectivity index (χ3n) is 4.05. The van der Waals surface area contributed by atoms with E-state index in [2.05, 4.69) is 5.32 Å².